The van der Waals surface area contributed by atoms with E-state index in [1.54, 1.807) is 6.07 Å². The first-order chi connectivity index (χ1) is 10.1. The molecule has 0 unspecified atom stereocenters. The van der Waals surface area contributed by atoms with Gasteiger partial charge in [0, 0.05) is 11.4 Å². The predicted octanol–water partition coefficient (Wildman–Crippen LogP) is 3.72. The Kier molecular flexibility index (Phi) is 5.88. The molecule has 1 aliphatic rings. The van der Waals surface area contributed by atoms with E-state index in [1.807, 2.05) is 0 Å². The first-order valence-electron chi connectivity index (χ1n) is 7.10. The topological polar surface area (TPSA) is 58.2 Å². The molecule has 1 saturated carbocycles. The van der Waals surface area contributed by atoms with Crippen LogP contribution in [0.3, 0.4) is 0 Å². The van der Waals surface area contributed by atoms with Crippen molar-refractivity contribution >= 4 is 35.0 Å². The van der Waals surface area contributed by atoms with Crippen molar-refractivity contribution < 1.29 is 9.59 Å². The van der Waals surface area contributed by atoms with Gasteiger partial charge in [-0.3, -0.25) is 20.4 Å². The maximum atomic E-state index is 11.9. The van der Waals surface area contributed by atoms with Gasteiger partial charge in [-0.25, -0.2) is 0 Å². The summed E-state index contributed by atoms with van der Waals surface area (Å²) < 4.78 is 0. The van der Waals surface area contributed by atoms with Crippen molar-refractivity contribution in [2.45, 2.75) is 38.5 Å². The highest BCUT2D eigenvalue weighted by Crippen LogP contribution is 2.26. The lowest BCUT2D eigenvalue weighted by Gasteiger charge is -2.20. The van der Waals surface area contributed by atoms with Gasteiger partial charge in [-0.15, -0.1) is 0 Å². The van der Waals surface area contributed by atoms with Gasteiger partial charge in [-0.2, -0.15) is 0 Å². The van der Waals surface area contributed by atoms with Crippen LogP contribution in [0.15, 0.2) is 18.2 Å². The summed E-state index contributed by atoms with van der Waals surface area (Å²) in [6, 6.07) is 4.58. The Labute approximate surface area is 134 Å². The fourth-order valence-corrected chi connectivity index (χ4v) is 3.07. The van der Waals surface area contributed by atoms with Gasteiger partial charge in [-0.1, -0.05) is 42.5 Å². The number of halogens is 2. The predicted molar refractivity (Wildman–Crippen MR) is 83.3 cm³/mol. The number of benzene rings is 1. The summed E-state index contributed by atoms with van der Waals surface area (Å²) in [6.45, 7) is 0. The van der Waals surface area contributed by atoms with E-state index in [9.17, 15) is 9.59 Å². The fraction of sp³-hybridized carbons (Fsp3) is 0.467. The molecule has 0 atom stereocenters. The van der Waals surface area contributed by atoms with Crippen molar-refractivity contribution in [2.75, 3.05) is 0 Å². The standard InChI is InChI=1S/C15H18Cl2N2O2/c16-11-6-7-12(13(17)9-11)15(21)19-18-14(20)8-10-4-2-1-3-5-10/h6-7,9-10H,1-5,8H2,(H,18,20)(H,19,21). The van der Waals surface area contributed by atoms with Crippen LogP contribution in [0, 0.1) is 5.92 Å². The summed E-state index contributed by atoms with van der Waals surface area (Å²) in [5.41, 5.74) is 5.10. The molecule has 0 heterocycles. The minimum Gasteiger partial charge on any atom is -0.273 e. The second kappa shape index (κ2) is 7.66. The van der Waals surface area contributed by atoms with Gasteiger partial charge in [0.2, 0.25) is 5.91 Å². The molecule has 1 aromatic rings. The molecular formula is C15H18Cl2N2O2. The number of carbonyl (C=O) groups is 2. The van der Waals surface area contributed by atoms with E-state index in [4.69, 9.17) is 23.2 Å². The Morgan fingerprint density at radius 1 is 1.10 bits per heavy atom. The third-order valence-corrected chi connectivity index (χ3v) is 4.24. The van der Waals surface area contributed by atoms with Crippen molar-refractivity contribution in [3.05, 3.63) is 33.8 Å². The van der Waals surface area contributed by atoms with E-state index in [0.29, 0.717) is 17.4 Å². The molecule has 6 heteroatoms. The molecule has 0 aliphatic heterocycles. The van der Waals surface area contributed by atoms with E-state index in [0.717, 1.165) is 12.8 Å². The lowest BCUT2D eigenvalue weighted by atomic mass is 9.87. The van der Waals surface area contributed by atoms with Crippen LogP contribution in [0.2, 0.25) is 10.0 Å². The molecular weight excluding hydrogens is 311 g/mol. The number of amides is 2. The molecule has 2 amide bonds. The average molecular weight is 329 g/mol. The van der Waals surface area contributed by atoms with Gasteiger partial charge < -0.3 is 0 Å². The quantitative estimate of drug-likeness (QED) is 0.830. The van der Waals surface area contributed by atoms with Crippen molar-refractivity contribution in [1.29, 1.82) is 0 Å². The molecule has 4 nitrogen and oxygen atoms in total. The number of rotatable bonds is 3. The number of nitrogens with one attached hydrogen (secondary N) is 2. The van der Waals surface area contributed by atoms with E-state index in [2.05, 4.69) is 10.9 Å². The van der Waals surface area contributed by atoms with Gasteiger partial charge in [0.05, 0.1) is 10.6 Å². The van der Waals surface area contributed by atoms with Crippen molar-refractivity contribution in [2.24, 2.45) is 5.92 Å². The highest BCUT2D eigenvalue weighted by Gasteiger charge is 2.18. The third-order valence-electron chi connectivity index (χ3n) is 3.69. The van der Waals surface area contributed by atoms with E-state index in [-0.39, 0.29) is 16.5 Å². The molecule has 114 valence electrons. The molecule has 1 aromatic carbocycles. The van der Waals surface area contributed by atoms with Crippen LogP contribution in [0.4, 0.5) is 0 Å². The van der Waals surface area contributed by atoms with Gasteiger partial charge in [-0.05, 0) is 37.0 Å². The van der Waals surface area contributed by atoms with Gasteiger partial charge >= 0.3 is 0 Å². The number of hydrogen-bond donors (Lipinski definition) is 2. The molecule has 2 N–H and O–H groups in total. The van der Waals surface area contributed by atoms with Gasteiger partial charge in [0.25, 0.3) is 5.91 Å². The largest absolute Gasteiger partial charge is 0.273 e. The Hall–Kier alpha value is -1.26. The van der Waals surface area contributed by atoms with E-state index in [1.165, 1.54) is 31.4 Å². The zero-order valence-electron chi connectivity index (χ0n) is 11.6. The lowest BCUT2D eigenvalue weighted by molar-refractivity contribution is -0.123. The Morgan fingerprint density at radius 3 is 2.48 bits per heavy atom. The summed E-state index contributed by atoms with van der Waals surface area (Å²) in [5, 5.41) is 0.708. The van der Waals surface area contributed by atoms with Crippen LogP contribution in [-0.4, -0.2) is 11.8 Å². The van der Waals surface area contributed by atoms with Crippen LogP contribution >= 0.6 is 23.2 Å². The molecule has 21 heavy (non-hydrogen) atoms. The minimum absolute atomic E-state index is 0.166. The smallest absolute Gasteiger partial charge is 0.271 e. The van der Waals surface area contributed by atoms with Gasteiger partial charge in [0.1, 0.15) is 0 Å². The summed E-state index contributed by atoms with van der Waals surface area (Å²) in [5.74, 6) is -0.191. The molecule has 0 bridgehead atoms. The normalized spacial score (nSPS) is 15.5. The molecule has 0 radical (unpaired) electrons. The molecule has 1 aliphatic carbocycles. The van der Waals surface area contributed by atoms with Gasteiger partial charge in [0.15, 0.2) is 0 Å². The first-order valence-corrected chi connectivity index (χ1v) is 7.86. The van der Waals surface area contributed by atoms with Crippen LogP contribution in [0.1, 0.15) is 48.9 Å². The average Bonchev–Trinajstić information content (AvgIpc) is 2.46. The summed E-state index contributed by atoms with van der Waals surface area (Å²) >= 11 is 11.7. The molecule has 0 aromatic heterocycles. The number of hydrogen-bond acceptors (Lipinski definition) is 2. The summed E-state index contributed by atoms with van der Waals surface area (Å²) in [7, 11) is 0. The third kappa shape index (κ3) is 4.90. The Bertz CT molecular complexity index is 528. The SMILES string of the molecule is O=C(CC1CCCCC1)NNC(=O)c1ccc(Cl)cc1Cl. The summed E-state index contributed by atoms with van der Waals surface area (Å²) in [6.07, 6.45) is 6.25. The van der Waals surface area contributed by atoms with E-state index >= 15 is 0 Å². The van der Waals surface area contributed by atoms with Crippen molar-refractivity contribution in [1.82, 2.24) is 10.9 Å². The Morgan fingerprint density at radius 2 is 1.81 bits per heavy atom. The second-order valence-corrected chi connectivity index (χ2v) is 6.18. The summed E-state index contributed by atoms with van der Waals surface area (Å²) in [4.78, 5) is 23.7. The zero-order chi connectivity index (χ0) is 15.2. The van der Waals surface area contributed by atoms with Crippen LogP contribution in [0.25, 0.3) is 0 Å². The van der Waals surface area contributed by atoms with Crippen molar-refractivity contribution in [3.8, 4) is 0 Å². The maximum absolute atomic E-state index is 11.9. The van der Waals surface area contributed by atoms with E-state index < -0.39 is 5.91 Å². The van der Waals surface area contributed by atoms with Crippen LogP contribution in [0.5, 0.6) is 0 Å². The lowest BCUT2D eigenvalue weighted by Crippen LogP contribution is -2.42. The second-order valence-electron chi connectivity index (χ2n) is 5.33. The maximum Gasteiger partial charge on any atom is 0.271 e. The zero-order valence-corrected chi connectivity index (χ0v) is 13.1. The number of carbonyl (C=O) groups excluding carboxylic acids is 2. The molecule has 2 rings (SSSR count). The van der Waals surface area contributed by atoms with Crippen LogP contribution < -0.4 is 10.9 Å². The molecule has 0 saturated heterocycles. The monoisotopic (exact) mass is 328 g/mol. The number of hydrazine groups is 1. The highest BCUT2D eigenvalue weighted by molar-refractivity contribution is 6.36. The highest BCUT2D eigenvalue weighted by atomic mass is 35.5. The van der Waals surface area contributed by atoms with Crippen LogP contribution in [-0.2, 0) is 4.79 Å². The Balaban J connectivity index is 1.81. The fourth-order valence-electron chi connectivity index (χ4n) is 2.57. The van der Waals surface area contributed by atoms with Crippen molar-refractivity contribution in [3.63, 3.8) is 0 Å². The first kappa shape index (κ1) is 16.1. The molecule has 0 spiro atoms. The molecule has 1 fully saturated rings. The minimum atomic E-state index is -0.450.